The predicted octanol–water partition coefficient (Wildman–Crippen LogP) is -0.179. The number of nitrogens with zero attached hydrogens (tertiary/aromatic N) is 1. The van der Waals surface area contributed by atoms with Gasteiger partial charge in [-0.05, 0) is 19.2 Å². The van der Waals surface area contributed by atoms with E-state index in [1.165, 1.54) is 7.05 Å². The molecule has 1 aromatic rings. The van der Waals surface area contributed by atoms with Crippen molar-refractivity contribution in [2.24, 2.45) is 5.73 Å². The summed E-state index contributed by atoms with van der Waals surface area (Å²) in [6.45, 7) is 0. The van der Waals surface area contributed by atoms with Crippen LogP contribution in [0.15, 0.2) is 18.3 Å². The van der Waals surface area contributed by atoms with E-state index in [9.17, 15) is 0 Å². The maximum absolute atomic E-state index is 5.33. The molecule has 1 heterocycles. The molecule has 0 atom stereocenters. The monoisotopic (exact) mass is 140 g/mol. The third-order valence-electron chi connectivity index (χ3n) is 0.871. The first-order chi connectivity index (χ1) is 4.80. The molecule has 0 unspecified atom stereocenters. The van der Waals surface area contributed by atoms with Gasteiger partial charge in [-0.1, -0.05) is 0 Å². The lowest BCUT2D eigenvalue weighted by atomic mass is 10.4. The van der Waals surface area contributed by atoms with Crippen molar-refractivity contribution in [2.45, 2.75) is 0 Å². The van der Waals surface area contributed by atoms with Crippen molar-refractivity contribution in [3.05, 3.63) is 18.3 Å². The van der Waals surface area contributed by atoms with Crippen LogP contribution in [0.25, 0.3) is 0 Å². The molecule has 1 rings (SSSR count). The molecule has 0 amide bonds. The minimum atomic E-state index is 0.396. The molecule has 0 spiro atoms. The molecule has 6 N–H and O–H groups in total. The second kappa shape index (κ2) is 4.58. The Kier molecular flexibility index (Phi) is 3.99. The molecule has 0 saturated heterocycles. The van der Waals surface area contributed by atoms with Gasteiger partial charge in [-0.2, -0.15) is 0 Å². The first kappa shape index (κ1) is 8.71. The van der Waals surface area contributed by atoms with E-state index < -0.39 is 0 Å². The number of aromatic nitrogens is 1. The Hall–Kier alpha value is -1.29. The van der Waals surface area contributed by atoms with Gasteiger partial charge in [-0.3, -0.25) is 0 Å². The predicted molar refractivity (Wildman–Crippen MR) is 43.2 cm³/mol. The van der Waals surface area contributed by atoms with Crippen LogP contribution in [0.4, 0.5) is 11.5 Å². The Labute approximate surface area is 60.0 Å². The number of rotatable bonds is 0. The second-order valence-corrected chi connectivity index (χ2v) is 1.48. The number of hydrogen-bond acceptors (Lipinski definition) is 4. The van der Waals surface area contributed by atoms with Crippen molar-refractivity contribution < 1.29 is 0 Å². The number of nitrogens with two attached hydrogens (primary N) is 3. The van der Waals surface area contributed by atoms with Gasteiger partial charge in [0, 0.05) is 6.20 Å². The zero-order valence-electron chi connectivity index (χ0n) is 5.91. The highest BCUT2D eigenvalue weighted by atomic mass is 14.9. The van der Waals surface area contributed by atoms with E-state index in [0.717, 1.165) is 0 Å². The molecule has 0 aliphatic heterocycles. The highest BCUT2D eigenvalue weighted by Gasteiger charge is 1.87. The highest BCUT2D eigenvalue weighted by Crippen LogP contribution is 2.06. The molecule has 0 saturated carbocycles. The van der Waals surface area contributed by atoms with Crippen molar-refractivity contribution in [1.82, 2.24) is 4.98 Å². The Balaban J connectivity index is 0.000000371. The summed E-state index contributed by atoms with van der Waals surface area (Å²) in [5.41, 5.74) is 15.7. The molecule has 4 nitrogen and oxygen atoms in total. The second-order valence-electron chi connectivity index (χ2n) is 1.48. The van der Waals surface area contributed by atoms with Crippen LogP contribution in [0.1, 0.15) is 0 Å². The normalized spacial score (nSPS) is 7.80. The summed E-state index contributed by atoms with van der Waals surface area (Å²) in [6.07, 6.45) is 1.60. The van der Waals surface area contributed by atoms with E-state index in [0.29, 0.717) is 11.5 Å². The van der Waals surface area contributed by atoms with Crippen LogP contribution in [-0.4, -0.2) is 12.0 Å². The van der Waals surface area contributed by atoms with Gasteiger partial charge in [0.1, 0.15) is 5.82 Å². The standard InChI is InChI=1S/C5H7N3.CH5N/c6-4-2-1-3-8-5(4)7;1-2/h1-3H,6H2,(H2,7,8);2H2,1H3. The van der Waals surface area contributed by atoms with E-state index in [4.69, 9.17) is 11.5 Å². The van der Waals surface area contributed by atoms with Crippen molar-refractivity contribution in [2.75, 3.05) is 18.5 Å². The van der Waals surface area contributed by atoms with Gasteiger partial charge >= 0.3 is 0 Å². The number of hydrogen-bond donors (Lipinski definition) is 3. The average Bonchev–Trinajstić information content (AvgIpc) is 2.00. The topological polar surface area (TPSA) is 91.0 Å². The van der Waals surface area contributed by atoms with Crippen LogP contribution in [0, 0.1) is 0 Å². The molecule has 0 fully saturated rings. The highest BCUT2D eigenvalue weighted by molar-refractivity contribution is 5.56. The summed E-state index contributed by atoms with van der Waals surface area (Å²) < 4.78 is 0. The van der Waals surface area contributed by atoms with Gasteiger partial charge in [-0.15, -0.1) is 0 Å². The Morgan fingerprint density at radius 2 is 1.90 bits per heavy atom. The minimum Gasteiger partial charge on any atom is -0.396 e. The van der Waals surface area contributed by atoms with Crippen LogP contribution in [0.5, 0.6) is 0 Å². The molecular formula is C6H12N4. The quantitative estimate of drug-likeness (QED) is 0.466. The summed E-state index contributed by atoms with van der Waals surface area (Å²) in [4.78, 5) is 3.73. The fourth-order valence-corrected chi connectivity index (χ4v) is 0.430. The molecule has 4 heteroatoms. The molecule has 0 aliphatic carbocycles. The average molecular weight is 140 g/mol. The van der Waals surface area contributed by atoms with Crippen molar-refractivity contribution in [1.29, 1.82) is 0 Å². The lowest BCUT2D eigenvalue weighted by Gasteiger charge is -1.92. The first-order valence-electron chi connectivity index (χ1n) is 2.84. The minimum absolute atomic E-state index is 0.396. The maximum atomic E-state index is 5.33. The van der Waals surface area contributed by atoms with Gasteiger partial charge in [-0.25, -0.2) is 4.98 Å². The Morgan fingerprint density at radius 3 is 2.20 bits per heavy atom. The fraction of sp³-hybridized carbons (Fsp3) is 0.167. The molecule has 56 valence electrons. The van der Waals surface area contributed by atoms with Gasteiger partial charge in [0.25, 0.3) is 0 Å². The van der Waals surface area contributed by atoms with Crippen LogP contribution in [-0.2, 0) is 0 Å². The summed E-state index contributed by atoms with van der Waals surface area (Å²) in [5.74, 6) is 0.396. The Bertz CT molecular complexity index is 166. The molecule has 0 aliphatic rings. The van der Waals surface area contributed by atoms with E-state index in [1.54, 1.807) is 18.3 Å². The van der Waals surface area contributed by atoms with Crippen LogP contribution >= 0.6 is 0 Å². The zero-order chi connectivity index (χ0) is 7.98. The molecule has 10 heavy (non-hydrogen) atoms. The van der Waals surface area contributed by atoms with Crippen LogP contribution < -0.4 is 17.2 Å². The van der Waals surface area contributed by atoms with Crippen LogP contribution in [0.2, 0.25) is 0 Å². The third-order valence-corrected chi connectivity index (χ3v) is 0.871. The van der Waals surface area contributed by atoms with Crippen molar-refractivity contribution in [3.8, 4) is 0 Å². The van der Waals surface area contributed by atoms with Gasteiger partial charge in [0.2, 0.25) is 0 Å². The van der Waals surface area contributed by atoms with Crippen molar-refractivity contribution in [3.63, 3.8) is 0 Å². The molecule has 1 aromatic heterocycles. The van der Waals surface area contributed by atoms with E-state index in [1.807, 2.05) is 0 Å². The maximum Gasteiger partial charge on any atom is 0.146 e. The number of anilines is 2. The molecule has 0 radical (unpaired) electrons. The lowest BCUT2D eigenvalue weighted by Crippen LogP contribution is -1.95. The summed E-state index contributed by atoms with van der Waals surface area (Å²) in [7, 11) is 1.50. The van der Waals surface area contributed by atoms with Gasteiger partial charge in [0.15, 0.2) is 0 Å². The van der Waals surface area contributed by atoms with E-state index in [-0.39, 0.29) is 0 Å². The number of nitrogen functional groups attached to an aromatic ring is 2. The summed E-state index contributed by atoms with van der Waals surface area (Å²) >= 11 is 0. The van der Waals surface area contributed by atoms with E-state index in [2.05, 4.69) is 10.7 Å². The first-order valence-corrected chi connectivity index (χ1v) is 2.84. The summed E-state index contributed by atoms with van der Waals surface area (Å²) in [5, 5.41) is 0. The smallest absolute Gasteiger partial charge is 0.146 e. The molecular weight excluding hydrogens is 128 g/mol. The zero-order valence-corrected chi connectivity index (χ0v) is 5.91. The fourth-order valence-electron chi connectivity index (χ4n) is 0.430. The van der Waals surface area contributed by atoms with Gasteiger partial charge in [0.05, 0.1) is 5.69 Å². The number of pyridine rings is 1. The largest absolute Gasteiger partial charge is 0.396 e. The van der Waals surface area contributed by atoms with Gasteiger partial charge < -0.3 is 17.2 Å². The Morgan fingerprint density at radius 1 is 1.30 bits per heavy atom. The van der Waals surface area contributed by atoms with E-state index >= 15 is 0 Å². The van der Waals surface area contributed by atoms with Crippen LogP contribution in [0.3, 0.4) is 0 Å². The lowest BCUT2D eigenvalue weighted by molar-refractivity contribution is 1.34. The van der Waals surface area contributed by atoms with Crippen molar-refractivity contribution >= 4 is 11.5 Å². The summed E-state index contributed by atoms with van der Waals surface area (Å²) in [6, 6.07) is 3.45. The molecule has 0 aromatic carbocycles. The SMILES string of the molecule is CN.Nc1cccnc1N. The molecule has 0 bridgehead atoms. The third kappa shape index (κ3) is 2.32.